The Labute approximate surface area is 253 Å². The van der Waals surface area contributed by atoms with Crippen LogP contribution in [0.2, 0.25) is 0 Å². The predicted octanol–water partition coefficient (Wildman–Crippen LogP) is 4.72. The van der Waals surface area contributed by atoms with Crippen LogP contribution in [0.1, 0.15) is 43.1 Å². The molecule has 2 fully saturated rings. The van der Waals surface area contributed by atoms with Crippen LogP contribution in [0.5, 0.6) is 0 Å². The topological polar surface area (TPSA) is 115 Å². The minimum absolute atomic E-state index is 0.0279. The Morgan fingerprint density at radius 3 is 2.64 bits per heavy atom. The lowest BCUT2D eigenvalue weighted by atomic mass is 9.87. The van der Waals surface area contributed by atoms with Crippen molar-refractivity contribution in [2.24, 2.45) is 11.7 Å². The van der Waals surface area contributed by atoms with E-state index in [0.29, 0.717) is 43.9 Å². The van der Waals surface area contributed by atoms with Gasteiger partial charge in [0.2, 0.25) is 0 Å². The first-order chi connectivity index (χ1) is 21.3. The molecule has 6 rings (SSSR count). The van der Waals surface area contributed by atoms with Crippen molar-refractivity contribution < 1.29 is 22.6 Å². The van der Waals surface area contributed by atoms with Crippen LogP contribution in [0.4, 0.5) is 18.9 Å². The molecule has 230 valence electrons. The minimum atomic E-state index is -1.84. The fourth-order valence-corrected chi connectivity index (χ4v) is 6.31. The molecule has 2 aliphatic rings. The van der Waals surface area contributed by atoms with Crippen LogP contribution in [0.25, 0.3) is 16.8 Å². The SMILES string of the molecule is C[C@H]1CN(c2ccncc2Cc2ncc3ccc(-c4c(F)cc(C5(F)CCOCC5)cc4F)nn23)C[C@@H](N)[C@H]1OCCC#N. The van der Waals surface area contributed by atoms with Crippen molar-refractivity contribution in [3.8, 4) is 17.3 Å². The molecule has 0 amide bonds. The van der Waals surface area contributed by atoms with Gasteiger partial charge in [0.25, 0.3) is 0 Å². The van der Waals surface area contributed by atoms with Crippen molar-refractivity contribution in [3.05, 3.63) is 77.5 Å². The van der Waals surface area contributed by atoms with E-state index in [0.717, 1.165) is 23.4 Å². The van der Waals surface area contributed by atoms with Gasteiger partial charge in [0.15, 0.2) is 0 Å². The molecule has 1 aromatic carbocycles. The Bertz CT molecular complexity index is 1650. The molecule has 5 heterocycles. The van der Waals surface area contributed by atoms with Crippen molar-refractivity contribution in [2.45, 2.75) is 50.4 Å². The zero-order valence-corrected chi connectivity index (χ0v) is 24.4. The van der Waals surface area contributed by atoms with Crippen molar-refractivity contribution in [2.75, 3.05) is 37.8 Å². The van der Waals surface area contributed by atoms with E-state index in [1.807, 2.05) is 6.07 Å². The number of halogens is 3. The van der Waals surface area contributed by atoms with E-state index in [-0.39, 0.29) is 60.9 Å². The van der Waals surface area contributed by atoms with Crippen LogP contribution in [-0.4, -0.2) is 64.6 Å². The molecule has 0 unspecified atom stereocenters. The highest BCUT2D eigenvalue weighted by Crippen LogP contribution is 2.39. The molecule has 2 saturated heterocycles. The van der Waals surface area contributed by atoms with Crippen molar-refractivity contribution in [1.82, 2.24) is 19.6 Å². The van der Waals surface area contributed by atoms with Crippen LogP contribution in [-0.2, 0) is 21.6 Å². The zero-order chi connectivity index (χ0) is 30.8. The zero-order valence-electron chi connectivity index (χ0n) is 24.4. The maximum absolute atomic E-state index is 15.4. The molecule has 3 aromatic heterocycles. The number of nitriles is 1. The van der Waals surface area contributed by atoms with Gasteiger partial charge >= 0.3 is 0 Å². The lowest BCUT2D eigenvalue weighted by molar-refractivity contribution is -0.0117. The maximum atomic E-state index is 15.4. The first-order valence-electron chi connectivity index (χ1n) is 14.8. The van der Waals surface area contributed by atoms with E-state index >= 15 is 13.2 Å². The summed E-state index contributed by atoms with van der Waals surface area (Å²) in [4.78, 5) is 11.1. The van der Waals surface area contributed by atoms with Gasteiger partial charge in [-0.25, -0.2) is 22.7 Å². The van der Waals surface area contributed by atoms with Crippen molar-refractivity contribution >= 4 is 11.2 Å². The second-order valence-electron chi connectivity index (χ2n) is 11.6. The van der Waals surface area contributed by atoms with E-state index in [2.05, 4.69) is 33.0 Å². The quantitative estimate of drug-likeness (QED) is 0.287. The van der Waals surface area contributed by atoms with E-state index < -0.39 is 17.3 Å². The number of benzene rings is 1. The highest BCUT2D eigenvalue weighted by molar-refractivity contribution is 5.64. The van der Waals surface area contributed by atoms with E-state index in [4.69, 9.17) is 20.5 Å². The number of hydrogen-bond donors (Lipinski definition) is 1. The van der Waals surface area contributed by atoms with Gasteiger partial charge in [0.1, 0.15) is 23.1 Å². The molecule has 4 aromatic rings. The summed E-state index contributed by atoms with van der Waals surface area (Å²) in [5, 5.41) is 13.4. The number of fused-ring (bicyclic) bond motifs is 1. The molecule has 0 bridgehead atoms. The van der Waals surface area contributed by atoms with Gasteiger partial charge in [0.05, 0.1) is 48.2 Å². The van der Waals surface area contributed by atoms with Gasteiger partial charge in [-0.2, -0.15) is 10.4 Å². The van der Waals surface area contributed by atoms with E-state index in [1.165, 1.54) is 6.07 Å². The number of pyridine rings is 1. The van der Waals surface area contributed by atoms with Crippen LogP contribution in [0.15, 0.2) is 48.9 Å². The second-order valence-corrected chi connectivity index (χ2v) is 11.6. The number of aromatic nitrogens is 4. The molecule has 0 spiro atoms. The van der Waals surface area contributed by atoms with Gasteiger partial charge in [-0.15, -0.1) is 0 Å². The second kappa shape index (κ2) is 12.5. The first-order valence-corrected chi connectivity index (χ1v) is 14.8. The summed E-state index contributed by atoms with van der Waals surface area (Å²) in [7, 11) is 0. The Kier molecular flexibility index (Phi) is 8.53. The van der Waals surface area contributed by atoms with Crippen LogP contribution in [0.3, 0.4) is 0 Å². The first kappa shape index (κ1) is 30.0. The molecule has 0 radical (unpaired) electrons. The number of hydrogen-bond acceptors (Lipinski definition) is 8. The largest absolute Gasteiger partial charge is 0.381 e. The monoisotopic (exact) mass is 605 g/mol. The lowest BCUT2D eigenvalue weighted by Crippen LogP contribution is -2.57. The molecular weight excluding hydrogens is 571 g/mol. The Morgan fingerprint density at radius 2 is 1.91 bits per heavy atom. The summed E-state index contributed by atoms with van der Waals surface area (Å²) in [5.74, 6) is -1.07. The number of nitrogens with two attached hydrogens (primary N) is 1. The molecule has 9 nitrogen and oxygen atoms in total. The van der Waals surface area contributed by atoms with Crippen molar-refractivity contribution in [3.63, 3.8) is 0 Å². The molecule has 2 aliphatic heterocycles. The Hall–Kier alpha value is -4.05. The Balaban J connectivity index is 1.27. The fraction of sp³-hybridized carbons (Fsp3) is 0.438. The average molecular weight is 606 g/mol. The summed E-state index contributed by atoms with van der Waals surface area (Å²) in [6.07, 6.45) is 5.76. The van der Waals surface area contributed by atoms with Gasteiger partial charge < -0.3 is 20.1 Å². The lowest BCUT2D eigenvalue weighted by Gasteiger charge is -2.42. The molecular formula is C32H34F3N7O2. The van der Waals surface area contributed by atoms with Gasteiger partial charge in [-0.05, 0) is 35.9 Å². The van der Waals surface area contributed by atoms with Gasteiger partial charge in [-0.1, -0.05) is 6.92 Å². The normalized spacial score (nSPS) is 21.8. The average Bonchev–Trinajstić information content (AvgIpc) is 3.40. The maximum Gasteiger partial charge on any atom is 0.140 e. The number of alkyl halides is 1. The number of imidazole rings is 1. The third-order valence-electron chi connectivity index (χ3n) is 8.57. The highest BCUT2D eigenvalue weighted by Gasteiger charge is 2.36. The number of piperidine rings is 1. The van der Waals surface area contributed by atoms with Crippen molar-refractivity contribution in [1.29, 1.82) is 5.26 Å². The van der Waals surface area contributed by atoms with Crippen LogP contribution >= 0.6 is 0 Å². The van der Waals surface area contributed by atoms with Crippen LogP contribution in [0, 0.1) is 28.9 Å². The predicted molar refractivity (Wildman–Crippen MR) is 158 cm³/mol. The molecule has 2 N–H and O–H groups in total. The summed E-state index contributed by atoms with van der Waals surface area (Å²) < 4.78 is 58.9. The molecule has 0 saturated carbocycles. The standard InChI is InChI=1S/C32H34F3N7O2/c1-20-18-41(19-26(37)31(20)44-10-2-8-36)28-5-9-38-16-21(28)13-29-39-17-23-3-4-27(40-42(23)29)30-24(33)14-22(15-25(30)34)32(35)6-11-43-12-7-32/h3-5,9,14-17,20,26,31H,2,6-7,10-13,18-19,37H2,1H3/t20-,26+,31-/m0/s1. The molecule has 0 aliphatic carbocycles. The van der Waals surface area contributed by atoms with Crippen LogP contribution < -0.4 is 10.6 Å². The smallest absolute Gasteiger partial charge is 0.140 e. The number of nitrogens with zero attached hydrogens (tertiary/aromatic N) is 6. The van der Waals surface area contributed by atoms with Gasteiger partial charge in [-0.3, -0.25) is 4.98 Å². The summed E-state index contributed by atoms with van der Waals surface area (Å²) >= 11 is 0. The highest BCUT2D eigenvalue weighted by atomic mass is 19.1. The minimum Gasteiger partial charge on any atom is -0.381 e. The number of anilines is 1. The van der Waals surface area contributed by atoms with E-state index in [9.17, 15) is 0 Å². The fourth-order valence-electron chi connectivity index (χ4n) is 6.31. The molecule has 12 heteroatoms. The number of rotatable bonds is 8. The third-order valence-corrected chi connectivity index (χ3v) is 8.57. The number of ether oxygens (including phenoxy) is 2. The van der Waals surface area contributed by atoms with Gasteiger partial charge in [0, 0.05) is 81.2 Å². The summed E-state index contributed by atoms with van der Waals surface area (Å²) in [6.45, 7) is 4.09. The third kappa shape index (κ3) is 5.87. The summed E-state index contributed by atoms with van der Waals surface area (Å²) in [6, 6.07) is 9.14. The molecule has 3 atom stereocenters. The van der Waals surface area contributed by atoms with E-state index in [1.54, 1.807) is 29.2 Å². The summed E-state index contributed by atoms with van der Waals surface area (Å²) in [5.41, 5.74) is 6.90. The Morgan fingerprint density at radius 1 is 1.14 bits per heavy atom. The molecule has 44 heavy (non-hydrogen) atoms.